The Hall–Kier alpha value is -2.91. The molecule has 1 fully saturated rings. The van der Waals surface area contributed by atoms with Crippen molar-refractivity contribution in [1.82, 2.24) is 19.6 Å². The molecule has 1 amide bonds. The molecule has 2 N–H and O–H groups in total. The Balaban J connectivity index is 1.41. The van der Waals surface area contributed by atoms with Gasteiger partial charge < -0.3 is 15.0 Å². The first-order valence-corrected chi connectivity index (χ1v) is 13.8. The Labute approximate surface area is 207 Å². The number of rotatable bonds is 9. The first kappa shape index (κ1) is 25.2. The van der Waals surface area contributed by atoms with Crippen LogP contribution in [0.5, 0.6) is 5.75 Å². The first-order chi connectivity index (χ1) is 16.8. The van der Waals surface area contributed by atoms with Crippen LogP contribution in [0.1, 0.15) is 51.9 Å². The van der Waals surface area contributed by atoms with Crippen molar-refractivity contribution in [2.75, 3.05) is 19.7 Å². The molecule has 0 spiro atoms. The fourth-order valence-corrected chi connectivity index (χ4v) is 5.96. The Morgan fingerprint density at radius 2 is 1.83 bits per heavy atom. The van der Waals surface area contributed by atoms with Crippen LogP contribution in [0, 0.1) is 11.8 Å². The normalized spacial score (nSPS) is 17.2. The fourth-order valence-electron chi connectivity index (χ4n) is 4.49. The van der Waals surface area contributed by atoms with Crippen molar-refractivity contribution < 1.29 is 17.9 Å². The number of carbonyl (C=O) groups excluding carboxylic acids is 1. The quantitative estimate of drug-likeness (QED) is 0.459. The average molecular weight is 499 g/mol. The number of nitrogens with one attached hydrogen (secondary N) is 2. The SMILES string of the molecule is CCOc1ccc(S(=O)(=O)N2CCC(C(=O)NC(c3nc4ccccc4[nH]3)C(C)CC)CC2)cc1. The van der Waals surface area contributed by atoms with Gasteiger partial charge >= 0.3 is 0 Å². The minimum atomic E-state index is -3.61. The molecule has 3 aromatic rings. The molecule has 1 aliphatic heterocycles. The van der Waals surface area contributed by atoms with Crippen molar-refractivity contribution in [2.45, 2.75) is 51.0 Å². The Morgan fingerprint density at radius 3 is 2.46 bits per heavy atom. The summed E-state index contributed by atoms with van der Waals surface area (Å²) < 4.78 is 33.0. The number of hydrogen-bond acceptors (Lipinski definition) is 5. The van der Waals surface area contributed by atoms with E-state index in [9.17, 15) is 13.2 Å². The fraction of sp³-hybridized carbons (Fsp3) is 0.462. The van der Waals surface area contributed by atoms with E-state index in [2.05, 4.69) is 24.1 Å². The maximum Gasteiger partial charge on any atom is 0.243 e. The Kier molecular flexibility index (Phi) is 7.76. The van der Waals surface area contributed by atoms with Crippen LogP contribution in [-0.4, -0.2) is 48.3 Å². The number of ether oxygens (including phenoxy) is 1. The molecule has 0 radical (unpaired) electrons. The maximum atomic E-state index is 13.2. The molecule has 188 valence electrons. The molecule has 0 saturated carbocycles. The van der Waals surface area contributed by atoms with E-state index in [0.717, 1.165) is 23.3 Å². The van der Waals surface area contributed by atoms with Gasteiger partial charge in [-0.3, -0.25) is 4.79 Å². The zero-order chi connectivity index (χ0) is 25.0. The van der Waals surface area contributed by atoms with Gasteiger partial charge in [-0.15, -0.1) is 0 Å². The number of para-hydroxylation sites is 2. The van der Waals surface area contributed by atoms with E-state index in [0.29, 0.717) is 38.3 Å². The van der Waals surface area contributed by atoms with Crippen molar-refractivity contribution in [3.8, 4) is 5.75 Å². The van der Waals surface area contributed by atoms with E-state index < -0.39 is 10.0 Å². The highest BCUT2D eigenvalue weighted by atomic mass is 32.2. The number of nitrogens with zero attached hydrogens (tertiary/aromatic N) is 2. The van der Waals surface area contributed by atoms with Crippen molar-refractivity contribution in [3.63, 3.8) is 0 Å². The minimum absolute atomic E-state index is 0.0473. The molecular formula is C26H34N4O4S. The molecule has 0 aliphatic carbocycles. The van der Waals surface area contributed by atoms with Crippen LogP contribution in [0.3, 0.4) is 0 Å². The number of piperidine rings is 1. The molecule has 2 heterocycles. The molecule has 1 saturated heterocycles. The summed E-state index contributed by atoms with van der Waals surface area (Å²) in [5, 5.41) is 3.20. The molecular weight excluding hydrogens is 464 g/mol. The van der Waals surface area contributed by atoms with Gasteiger partial charge in [-0.25, -0.2) is 13.4 Å². The van der Waals surface area contributed by atoms with Gasteiger partial charge in [-0.2, -0.15) is 4.31 Å². The lowest BCUT2D eigenvalue weighted by atomic mass is 9.94. The second-order valence-corrected chi connectivity index (χ2v) is 11.0. The highest BCUT2D eigenvalue weighted by Crippen LogP contribution is 2.28. The summed E-state index contributed by atoms with van der Waals surface area (Å²) in [5.41, 5.74) is 1.82. The first-order valence-electron chi connectivity index (χ1n) is 12.3. The minimum Gasteiger partial charge on any atom is -0.494 e. The molecule has 1 aromatic heterocycles. The Bertz CT molecular complexity index is 1210. The van der Waals surface area contributed by atoms with Crippen molar-refractivity contribution in [2.24, 2.45) is 11.8 Å². The molecule has 4 rings (SSSR count). The lowest BCUT2D eigenvalue weighted by molar-refractivity contribution is -0.127. The van der Waals surface area contributed by atoms with Gasteiger partial charge in [0.15, 0.2) is 0 Å². The number of carbonyl (C=O) groups is 1. The molecule has 0 bridgehead atoms. The third-order valence-corrected chi connectivity index (χ3v) is 8.72. The lowest BCUT2D eigenvalue weighted by Crippen LogP contribution is -2.44. The standard InChI is InChI=1S/C26H34N4O4S/c1-4-18(3)24(25-27-22-8-6-7-9-23(22)28-25)29-26(31)19-14-16-30(17-15-19)35(32,33)21-12-10-20(11-13-21)34-5-2/h6-13,18-19,24H,4-5,14-17H2,1-3H3,(H,27,28)(H,29,31). The molecule has 9 heteroatoms. The van der Waals surface area contributed by atoms with E-state index >= 15 is 0 Å². The van der Waals surface area contributed by atoms with Crippen molar-refractivity contribution in [3.05, 3.63) is 54.4 Å². The van der Waals surface area contributed by atoms with Gasteiger partial charge in [0.1, 0.15) is 11.6 Å². The van der Waals surface area contributed by atoms with Gasteiger partial charge in [0.25, 0.3) is 0 Å². The van der Waals surface area contributed by atoms with Gasteiger partial charge in [0.2, 0.25) is 15.9 Å². The smallest absolute Gasteiger partial charge is 0.243 e. The maximum absolute atomic E-state index is 13.2. The van der Waals surface area contributed by atoms with Gasteiger partial charge in [-0.1, -0.05) is 32.4 Å². The van der Waals surface area contributed by atoms with Crippen molar-refractivity contribution in [1.29, 1.82) is 0 Å². The van der Waals surface area contributed by atoms with Gasteiger partial charge in [0, 0.05) is 19.0 Å². The topological polar surface area (TPSA) is 104 Å². The van der Waals surface area contributed by atoms with E-state index in [1.165, 1.54) is 4.31 Å². The summed E-state index contributed by atoms with van der Waals surface area (Å²) in [4.78, 5) is 21.5. The average Bonchev–Trinajstić information content (AvgIpc) is 3.31. The molecule has 35 heavy (non-hydrogen) atoms. The largest absolute Gasteiger partial charge is 0.494 e. The number of benzene rings is 2. The van der Waals surface area contributed by atoms with Crippen LogP contribution in [0.25, 0.3) is 11.0 Å². The number of amides is 1. The highest BCUT2D eigenvalue weighted by molar-refractivity contribution is 7.89. The lowest BCUT2D eigenvalue weighted by Gasteiger charge is -2.32. The predicted octanol–water partition coefficient (Wildman–Crippen LogP) is 4.27. The summed E-state index contributed by atoms with van der Waals surface area (Å²) in [5.74, 6) is 1.30. The van der Waals surface area contributed by atoms with E-state index in [4.69, 9.17) is 9.72 Å². The van der Waals surface area contributed by atoms with Crippen LogP contribution in [0.15, 0.2) is 53.4 Å². The van der Waals surface area contributed by atoms with E-state index in [-0.39, 0.29) is 28.7 Å². The van der Waals surface area contributed by atoms with Crippen LogP contribution in [0.4, 0.5) is 0 Å². The van der Waals surface area contributed by atoms with Gasteiger partial charge in [0.05, 0.1) is 28.6 Å². The third-order valence-electron chi connectivity index (χ3n) is 6.81. The molecule has 1 aliphatic rings. The summed E-state index contributed by atoms with van der Waals surface area (Å²) in [7, 11) is -3.61. The summed E-state index contributed by atoms with van der Waals surface area (Å²) in [6.45, 7) is 7.22. The predicted molar refractivity (Wildman–Crippen MR) is 136 cm³/mol. The van der Waals surface area contributed by atoms with Gasteiger partial charge in [-0.05, 0) is 62.1 Å². The number of sulfonamides is 1. The number of H-pyrrole nitrogens is 1. The van der Waals surface area contributed by atoms with Crippen LogP contribution >= 0.6 is 0 Å². The molecule has 2 atom stereocenters. The monoisotopic (exact) mass is 498 g/mol. The third kappa shape index (κ3) is 5.51. The summed E-state index contributed by atoms with van der Waals surface area (Å²) >= 11 is 0. The number of aromatic nitrogens is 2. The molecule has 2 unspecified atom stereocenters. The number of aromatic amines is 1. The zero-order valence-corrected chi connectivity index (χ0v) is 21.3. The second-order valence-electron chi connectivity index (χ2n) is 9.09. The van der Waals surface area contributed by atoms with Crippen LogP contribution in [0.2, 0.25) is 0 Å². The van der Waals surface area contributed by atoms with Crippen LogP contribution in [-0.2, 0) is 14.8 Å². The molecule has 8 nitrogen and oxygen atoms in total. The Morgan fingerprint density at radius 1 is 1.14 bits per heavy atom. The molecule has 2 aromatic carbocycles. The second kappa shape index (κ2) is 10.8. The van der Waals surface area contributed by atoms with E-state index in [1.807, 2.05) is 31.2 Å². The summed E-state index contributed by atoms with van der Waals surface area (Å²) in [6.07, 6.45) is 1.85. The van der Waals surface area contributed by atoms with Crippen molar-refractivity contribution >= 4 is 27.0 Å². The van der Waals surface area contributed by atoms with E-state index in [1.54, 1.807) is 24.3 Å². The number of imidazole rings is 1. The highest BCUT2D eigenvalue weighted by Gasteiger charge is 2.34. The zero-order valence-electron chi connectivity index (χ0n) is 20.5. The number of fused-ring (bicyclic) bond motifs is 1. The van der Waals surface area contributed by atoms with Crippen LogP contribution < -0.4 is 10.1 Å². The summed E-state index contributed by atoms with van der Waals surface area (Å²) in [6, 6.07) is 14.1. The number of hydrogen-bond donors (Lipinski definition) is 2.